The van der Waals surface area contributed by atoms with E-state index in [1.54, 1.807) is 24.3 Å². The lowest BCUT2D eigenvalue weighted by atomic mass is 10.1. The lowest BCUT2D eigenvalue weighted by Crippen LogP contribution is -2.03. The van der Waals surface area contributed by atoms with Gasteiger partial charge in [-0.1, -0.05) is 12.1 Å². The Bertz CT molecular complexity index is 630. The first-order chi connectivity index (χ1) is 9.11. The van der Waals surface area contributed by atoms with Crippen LogP contribution >= 0.6 is 0 Å². The summed E-state index contributed by atoms with van der Waals surface area (Å²) in [5, 5.41) is 11.3. The summed E-state index contributed by atoms with van der Waals surface area (Å²) in [7, 11) is 0. The highest BCUT2D eigenvalue weighted by molar-refractivity contribution is 5.46. The second-order valence-electron chi connectivity index (χ2n) is 3.89. The molecule has 2 rings (SSSR count). The molecule has 0 aromatic heterocycles. The van der Waals surface area contributed by atoms with Crippen molar-refractivity contribution in [2.24, 2.45) is 0 Å². The van der Waals surface area contributed by atoms with E-state index in [1.807, 2.05) is 6.07 Å². The Morgan fingerprint density at radius 1 is 0.947 bits per heavy atom. The third-order valence-electron chi connectivity index (χ3n) is 2.60. The molecule has 0 saturated heterocycles. The van der Waals surface area contributed by atoms with E-state index >= 15 is 0 Å². The smallest absolute Gasteiger partial charge is 0.196 e. The van der Waals surface area contributed by atoms with Gasteiger partial charge in [0.15, 0.2) is 17.5 Å². The van der Waals surface area contributed by atoms with Crippen molar-refractivity contribution >= 4 is 5.69 Å². The van der Waals surface area contributed by atoms with E-state index in [9.17, 15) is 13.2 Å². The van der Waals surface area contributed by atoms with Crippen LogP contribution in [0.25, 0.3) is 0 Å². The van der Waals surface area contributed by atoms with Gasteiger partial charge in [0.2, 0.25) is 0 Å². The van der Waals surface area contributed by atoms with Crippen LogP contribution in [-0.2, 0) is 6.54 Å². The molecule has 0 amide bonds. The average Bonchev–Trinajstić information content (AvgIpc) is 2.45. The lowest BCUT2D eigenvalue weighted by molar-refractivity contribution is 0.449. The van der Waals surface area contributed by atoms with Gasteiger partial charge in [-0.2, -0.15) is 5.26 Å². The van der Waals surface area contributed by atoms with E-state index in [-0.39, 0.29) is 12.2 Å². The van der Waals surface area contributed by atoms with Crippen LogP contribution in [0.15, 0.2) is 36.4 Å². The highest BCUT2D eigenvalue weighted by atomic mass is 19.2. The maximum absolute atomic E-state index is 13.4. The van der Waals surface area contributed by atoms with Crippen molar-refractivity contribution in [1.82, 2.24) is 0 Å². The minimum atomic E-state index is -1.50. The van der Waals surface area contributed by atoms with Crippen molar-refractivity contribution in [2.75, 3.05) is 5.32 Å². The molecule has 1 N–H and O–H groups in total. The second-order valence-corrected chi connectivity index (χ2v) is 3.89. The molecular weight excluding hydrogens is 253 g/mol. The first-order valence-electron chi connectivity index (χ1n) is 5.48. The van der Waals surface area contributed by atoms with Crippen molar-refractivity contribution in [2.45, 2.75) is 6.54 Å². The molecule has 0 aliphatic rings. The van der Waals surface area contributed by atoms with Crippen molar-refractivity contribution in [3.63, 3.8) is 0 Å². The summed E-state index contributed by atoms with van der Waals surface area (Å²) in [6, 6.07) is 10.6. The topological polar surface area (TPSA) is 35.8 Å². The summed E-state index contributed by atoms with van der Waals surface area (Å²) in [5.41, 5.74) is 1.20. The van der Waals surface area contributed by atoms with Crippen LogP contribution < -0.4 is 5.32 Å². The molecule has 19 heavy (non-hydrogen) atoms. The van der Waals surface area contributed by atoms with Crippen LogP contribution in [0.2, 0.25) is 0 Å². The minimum Gasteiger partial charge on any atom is -0.379 e. The van der Waals surface area contributed by atoms with Crippen LogP contribution in [0.5, 0.6) is 0 Å². The Labute approximate surface area is 108 Å². The molecule has 0 spiro atoms. The van der Waals surface area contributed by atoms with Gasteiger partial charge in [0.1, 0.15) is 0 Å². The molecule has 0 heterocycles. The van der Waals surface area contributed by atoms with E-state index in [1.165, 1.54) is 0 Å². The Hall–Kier alpha value is -2.48. The molecule has 2 nitrogen and oxygen atoms in total. The molecule has 0 fully saturated rings. The minimum absolute atomic E-state index is 0.108. The summed E-state index contributed by atoms with van der Waals surface area (Å²) in [4.78, 5) is 0. The lowest BCUT2D eigenvalue weighted by Gasteiger charge is -2.08. The maximum Gasteiger partial charge on any atom is 0.196 e. The van der Waals surface area contributed by atoms with Gasteiger partial charge in [-0.15, -0.1) is 0 Å². The van der Waals surface area contributed by atoms with E-state index in [0.29, 0.717) is 5.56 Å². The predicted molar refractivity (Wildman–Crippen MR) is 64.8 cm³/mol. The van der Waals surface area contributed by atoms with Gasteiger partial charge in [0.25, 0.3) is 0 Å². The zero-order valence-corrected chi connectivity index (χ0v) is 9.75. The fourth-order valence-electron chi connectivity index (χ4n) is 1.56. The summed E-state index contributed by atoms with van der Waals surface area (Å²) in [6.07, 6.45) is 0. The molecule has 2 aromatic carbocycles. The van der Waals surface area contributed by atoms with Crippen molar-refractivity contribution in [3.8, 4) is 6.07 Å². The standard InChI is InChI=1S/C14H9F3N2/c15-11-5-6-12(14(17)13(11)16)19-8-10-3-1-9(7-18)2-4-10/h1-6,19H,8H2. The Kier molecular flexibility index (Phi) is 3.71. The number of rotatable bonds is 3. The average molecular weight is 262 g/mol. The predicted octanol–water partition coefficient (Wildman–Crippen LogP) is 3.59. The molecular formula is C14H9F3N2. The third-order valence-corrected chi connectivity index (χ3v) is 2.60. The molecule has 0 aliphatic heterocycles. The summed E-state index contributed by atoms with van der Waals surface area (Å²) >= 11 is 0. The summed E-state index contributed by atoms with van der Waals surface area (Å²) in [6.45, 7) is 0.244. The third kappa shape index (κ3) is 2.86. The summed E-state index contributed by atoms with van der Waals surface area (Å²) in [5.74, 6) is -3.96. The molecule has 5 heteroatoms. The SMILES string of the molecule is N#Cc1ccc(CNc2ccc(F)c(F)c2F)cc1. The van der Waals surface area contributed by atoms with E-state index < -0.39 is 17.5 Å². The van der Waals surface area contributed by atoms with E-state index in [4.69, 9.17) is 5.26 Å². The normalized spacial score (nSPS) is 10.0. The molecule has 96 valence electrons. The monoisotopic (exact) mass is 262 g/mol. The van der Waals surface area contributed by atoms with Crippen LogP contribution in [0.4, 0.5) is 18.9 Å². The fraction of sp³-hybridized carbons (Fsp3) is 0.0714. The Balaban J connectivity index is 2.10. The molecule has 0 radical (unpaired) electrons. The molecule has 2 aromatic rings. The van der Waals surface area contributed by atoms with Gasteiger partial charge in [-0.25, -0.2) is 13.2 Å². The van der Waals surface area contributed by atoms with Gasteiger partial charge in [-0.3, -0.25) is 0 Å². The number of halogens is 3. The Morgan fingerprint density at radius 3 is 2.26 bits per heavy atom. The van der Waals surface area contributed by atoms with Gasteiger partial charge < -0.3 is 5.32 Å². The number of nitriles is 1. The zero-order valence-electron chi connectivity index (χ0n) is 9.75. The molecule has 0 bridgehead atoms. The highest BCUT2D eigenvalue weighted by Crippen LogP contribution is 2.20. The van der Waals surface area contributed by atoms with Crippen LogP contribution in [0.1, 0.15) is 11.1 Å². The number of hydrogen-bond donors (Lipinski definition) is 1. The number of benzene rings is 2. The van der Waals surface area contributed by atoms with E-state index in [2.05, 4.69) is 5.32 Å². The van der Waals surface area contributed by atoms with Gasteiger partial charge in [-0.05, 0) is 29.8 Å². The quantitative estimate of drug-likeness (QED) is 0.858. The maximum atomic E-state index is 13.4. The molecule has 0 unspecified atom stereocenters. The van der Waals surface area contributed by atoms with Crippen molar-refractivity contribution in [3.05, 3.63) is 65.0 Å². The highest BCUT2D eigenvalue weighted by Gasteiger charge is 2.12. The van der Waals surface area contributed by atoms with Gasteiger partial charge in [0.05, 0.1) is 17.3 Å². The van der Waals surface area contributed by atoms with Crippen molar-refractivity contribution in [1.29, 1.82) is 5.26 Å². The van der Waals surface area contributed by atoms with Gasteiger partial charge in [0, 0.05) is 6.54 Å². The number of nitrogens with one attached hydrogen (secondary N) is 1. The number of hydrogen-bond acceptors (Lipinski definition) is 2. The van der Waals surface area contributed by atoms with Crippen LogP contribution in [0, 0.1) is 28.8 Å². The van der Waals surface area contributed by atoms with Gasteiger partial charge >= 0.3 is 0 Å². The first kappa shape index (κ1) is 13.0. The molecule has 0 aliphatic carbocycles. The largest absolute Gasteiger partial charge is 0.379 e. The second kappa shape index (κ2) is 5.44. The van der Waals surface area contributed by atoms with Crippen LogP contribution in [0.3, 0.4) is 0 Å². The number of anilines is 1. The Morgan fingerprint density at radius 2 is 1.63 bits per heavy atom. The van der Waals surface area contributed by atoms with Crippen LogP contribution in [-0.4, -0.2) is 0 Å². The first-order valence-corrected chi connectivity index (χ1v) is 5.48. The fourth-order valence-corrected chi connectivity index (χ4v) is 1.56. The van der Waals surface area contributed by atoms with E-state index in [0.717, 1.165) is 17.7 Å². The molecule has 0 atom stereocenters. The number of nitrogens with zero attached hydrogens (tertiary/aromatic N) is 1. The summed E-state index contributed by atoms with van der Waals surface area (Å²) < 4.78 is 39.1. The zero-order chi connectivity index (χ0) is 13.8. The van der Waals surface area contributed by atoms with Crippen molar-refractivity contribution < 1.29 is 13.2 Å². The molecule has 0 saturated carbocycles.